The molecule has 1 spiro atoms. The van der Waals surface area contributed by atoms with Crippen molar-refractivity contribution in [2.45, 2.75) is 24.2 Å². The lowest BCUT2D eigenvalue weighted by Crippen LogP contribution is -2.63. The molecule has 208 valence electrons. The molecule has 1 aliphatic carbocycles. The highest BCUT2D eigenvalue weighted by atomic mass is 19.1. The Labute approximate surface area is 241 Å². The van der Waals surface area contributed by atoms with Crippen LogP contribution in [0.3, 0.4) is 0 Å². The Kier molecular flexibility index (Phi) is 7.18. The molecule has 1 amide bonds. The van der Waals surface area contributed by atoms with Gasteiger partial charge in [0.2, 0.25) is 5.91 Å². The van der Waals surface area contributed by atoms with Gasteiger partial charge in [-0.2, -0.15) is 10.5 Å². The molecule has 1 aliphatic heterocycles. The number of halogens is 2. The summed E-state index contributed by atoms with van der Waals surface area (Å²) < 4.78 is 27.1. The third kappa shape index (κ3) is 4.15. The Balaban J connectivity index is 1.65. The summed E-state index contributed by atoms with van der Waals surface area (Å²) >= 11 is 0. The molecule has 6 nitrogen and oxygen atoms in total. The van der Waals surface area contributed by atoms with Crippen molar-refractivity contribution in [2.24, 2.45) is 11.3 Å². The normalized spacial score (nSPS) is 22.5. The lowest BCUT2D eigenvalue weighted by Gasteiger charge is -2.51. The Hall–Kier alpha value is -5.21. The minimum atomic E-state index is -2.09. The molecule has 0 N–H and O–H groups in total. The Morgan fingerprint density at radius 1 is 1.00 bits per heavy atom. The number of para-hydroxylation sites is 1. The number of carbonyl (C=O) groups excluding carboxylic acids is 3. The predicted molar refractivity (Wildman–Crippen MR) is 152 cm³/mol. The van der Waals surface area contributed by atoms with Crippen LogP contribution in [-0.2, 0) is 19.8 Å². The quantitative estimate of drug-likeness (QED) is 0.353. The summed E-state index contributed by atoms with van der Waals surface area (Å²) in [6.45, 7) is 3.91. The molecule has 1 fully saturated rings. The topological polar surface area (TPSA) is 102 Å². The molecule has 3 aromatic rings. The van der Waals surface area contributed by atoms with Crippen LogP contribution >= 0.6 is 0 Å². The second-order valence-corrected chi connectivity index (χ2v) is 10.6. The van der Waals surface area contributed by atoms with Crippen LogP contribution in [0, 0.1) is 45.6 Å². The first-order valence-corrected chi connectivity index (χ1v) is 13.2. The van der Waals surface area contributed by atoms with Crippen molar-refractivity contribution in [3.05, 3.63) is 119 Å². The maximum Gasteiger partial charge on any atom is 0.240 e. The van der Waals surface area contributed by atoms with Gasteiger partial charge in [0.25, 0.3) is 0 Å². The third-order valence-electron chi connectivity index (χ3n) is 8.51. The first-order chi connectivity index (χ1) is 20.1. The second-order valence-electron chi connectivity index (χ2n) is 10.6. The predicted octanol–water partition coefficient (Wildman–Crippen LogP) is 5.81. The van der Waals surface area contributed by atoms with E-state index < -0.39 is 51.8 Å². The number of Topliss-reactive ketones (excluding diaryl/α,β-unsaturated/α-hetero) is 1. The van der Waals surface area contributed by atoms with Gasteiger partial charge in [-0.25, -0.2) is 8.78 Å². The van der Waals surface area contributed by atoms with Crippen LogP contribution in [0.2, 0.25) is 0 Å². The fraction of sp³-hybridized carbons (Fsp3) is 0.206. The fourth-order valence-corrected chi connectivity index (χ4v) is 6.49. The van der Waals surface area contributed by atoms with E-state index in [1.54, 1.807) is 24.3 Å². The maximum atomic E-state index is 14.4. The van der Waals surface area contributed by atoms with Gasteiger partial charge in [-0.15, -0.1) is 0 Å². The van der Waals surface area contributed by atoms with Gasteiger partial charge < -0.3 is 4.90 Å². The summed E-state index contributed by atoms with van der Waals surface area (Å²) in [6.07, 6.45) is 2.18. The zero-order valence-corrected chi connectivity index (χ0v) is 22.7. The number of carbonyl (C=O) groups is 3. The molecule has 1 heterocycles. The van der Waals surface area contributed by atoms with E-state index in [0.29, 0.717) is 22.4 Å². The van der Waals surface area contributed by atoms with Gasteiger partial charge in [0.15, 0.2) is 11.2 Å². The van der Waals surface area contributed by atoms with Crippen molar-refractivity contribution < 1.29 is 23.2 Å². The van der Waals surface area contributed by atoms with Crippen molar-refractivity contribution in [3.63, 3.8) is 0 Å². The van der Waals surface area contributed by atoms with Crippen LogP contribution in [-0.4, -0.2) is 24.5 Å². The number of nitriles is 2. The van der Waals surface area contributed by atoms with Crippen molar-refractivity contribution in [2.75, 3.05) is 11.9 Å². The monoisotopic (exact) mass is 561 g/mol. The second kappa shape index (κ2) is 10.6. The Morgan fingerprint density at radius 3 is 2.21 bits per heavy atom. The zero-order valence-electron chi connectivity index (χ0n) is 22.7. The minimum Gasteiger partial charge on any atom is -0.314 e. The number of anilines is 1. The standard InChI is InChI=1S/C34H25F2N3O3/c1-21(30(40)16-9-22-7-12-24(35)13-8-22)17-28-31(41)18-27(23-10-14-25(36)15-11-23)33(19-37,20-38)34(28)26-5-3-4-6-29(26)39(2)32(34)42/h3-16,27-28H,1,17-18H2,2H3/b16-9+/t27-,28+,34-/m1/s1. The molecular weight excluding hydrogens is 536 g/mol. The van der Waals surface area contributed by atoms with E-state index in [9.17, 15) is 33.7 Å². The van der Waals surface area contributed by atoms with Crippen LogP contribution in [0.25, 0.3) is 6.08 Å². The van der Waals surface area contributed by atoms with Crippen LogP contribution in [0.5, 0.6) is 0 Å². The number of hydrogen-bond donors (Lipinski definition) is 0. The largest absolute Gasteiger partial charge is 0.314 e. The molecule has 0 aromatic heterocycles. The molecule has 8 heteroatoms. The van der Waals surface area contributed by atoms with Gasteiger partial charge in [0, 0.05) is 31.0 Å². The van der Waals surface area contributed by atoms with Crippen LogP contribution in [0.15, 0.2) is 91.0 Å². The molecule has 42 heavy (non-hydrogen) atoms. The SMILES string of the molecule is C=C(C[C@H]1C(=O)C[C@H](c2ccc(F)cc2)C(C#N)(C#N)[C@@]12C(=O)N(C)c1ccccc12)C(=O)/C=C/c1ccc(F)cc1. The van der Waals surface area contributed by atoms with Gasteiger partial charge in [0.1, 0.15) is 22.8 Å². The molecule has 0 unspecified atom stereocenters. The Bertz CT molecular complexity index is 1720. The average Bonchev–Trinajstić information content (AvgIpc) is 3.22. The van der Waals surface area contributed by atoms with Crippen LogP contribution in [0.1, 0.15) is 35.4 Å². The molecule has 2 aliphatic rings. The summed E-state index contributed by atoms with van der Waals surface area (Å²) in [5.41, 5.74) is -2.32. The van der Waals surface area contributed by atoms with Gasteiger partial charge in [-0.05, 0) is 65.1 Å². The van der Waals surface area contributed by atoms with E-state index in [-0.39, 0.29) is 18.4 Å². The van der Waals surface area contributed by atoms with Crippen LogP contribution in [0.4, 0.5) is 14.5 Å². The highest BCUT2D eigenvalue weighted by molar-refractivity contribution is 6.14. The maximum absolute atomic E-state index is 14.4. The lowest BCUT2D eigenvalue weighted by molar-refractivity contribution is -0.142. The molecule has 5 rings (SSSR count). The first-order valence-electron chi connectivity index (χ1n) is 13.2. The number of fused-ring (bicyclic) bond motifs is 2. The van der Waals surface area contributed by atoms with Gasteiger partial charge >= 0.3 is 0 Å². The summed E-state index contributed by atoms with van der Waals surface area (Å²) in [7, 11) is 1.52. The number of amides is 1. The molecule has 0 bridgehead atoms. The van der Waals surface area contributed by atoms with E-state index in [1.807, 2.05) is 0 Å². The average molecular weight is 562 g/mol. The Morgan fingerprint density at radius 2 is 1.60 bits per heavy atom. The van der Waals surface area contributed by atoms with E-state index in [4.69, 9.17) is 0 Å². The van der Waals surface area contributed by atoms with Crippen molar-refractivity contribution in [1.29, 1.82) is 10.5 Å². The smallest absolute Gasteiger partial charge is 0.240 e. The number of ketones is 2. The minimum absolute atomic E-state index is 0.0101. The van der Waals surface area contributed by atoms with Gasteiger partial charge in [-0.3, -0.25) is 14.4 Å². The molecule has 0 radical (unpaired) electrons. The first kappa shape index (κ1) is 28.3. The van der Waals surface area contributed by atoms with Gasteiger partial charge in [0.05, 0.1) is 12.1 Å². The lowest BCUT2D eigenvalue weighted by atomic mass is 9.44. The fourth-order valence-electron chi connectivity index (χ4n) is 6.49. The summed E-state index contributed by atoms with van der Waals surface area (Å²) in [6, 6.07) is 21.7. The van der Waals surface area contributed by atoms with Crippen molar-refractivity contribution >= 4 is 29.2 Å². The zero-order chi connectivity index (χ0) is 30.2. The number of rotatable bonds is 6. The molecular formula is C34H25F2N3O3. The van der Waals surface area contributed by atoms with Crippen LogP contribution < -0.4 is 4.90 Å². The molecule has 1 saturated carbocycles. The van der Waals surface area contributed by atoms with E-state index in [1.165, 1.54) is 72.6 Å². The third-order valence-corrected chi connectivity index (χ3v) is 8.51. The van der Waals surface area contributed by atoms with Crippen molar-refractivity contribution in [1.82, 2.24) is 0 Å². The summed E-state index contributed by atoms with van der Waals surface area (Å²) in [4.78, 5) is 43.0. The van der Waals surface area contributed by atoms with Gasteiger partial charge in [-0.1, -0.05) is 55.1 Å². The van der Waals surface area contributed by atoms with Crippen molar-refractivity contribution in [3.8, 4) is 12.1 Å². The molecule has 3 aromatic carbocycles. The highest BCUT2D eigenvalue weighted by Crippen LogP contribution is 2.65. The van der Waals surface area contributed by atoms with E-state index >= 15 is 0 Å². The van der Waals surface area contributed by atoms with E-state index in [2.05, 4.69) is 18.7 Å². The van der Waals surface area contributed by atoms with E-state index in [0.717, 1.165) is 0 Å². The molecule has 0 saturated heterocycles. The number of allylic oxidation sites excluding steroid dienone is 2. The number of benzene rings is 3. The molecule has 3 atom stereocenters. The number of likely N-dealkylation sites (N-methyl/N-ethyl adjacent to an activating group) is 1. The summed E-state index contributed by atoms with van der Waals surface area (Å²) in [5, 5.41) is 21.6. The number of hydrogen-bond acceptors (Lipinski definition) is 5. The number of nitrogens with zero attached hydrogens (tertiary/aromatic N) is 3. The summed E-state index contributed by atoms with van der Waals surface area (Å²) in [5.74, 6) is -4.81. The highest BCUT2D eigenvalue weighted by Gasteiger charge is 2.73.